The van der Waals surface area contributed by atoms with Crippen molar-refractivity contribution in [1.29, 1.82) is 0 Å². The number of rotatable bonds is 4. The topological polar surface area (TPSA) is 21.3 Å². The first-order valence-electron chi connectivity index (χ1n) is 7.71. The van der Waals surface area contributed by atoms with Crippen LogP contribution in [0.3, 0.4) is 0 Å². The van der Waals surface area contributed by atoms with Crippen LogP contribution in [0.1, 0.15) is 29.9 Å². The predicted molar refractivity (Wildman–Crippen MR) is 87.0 cm³/mol. The zero-order valence-corrected chi connectivity index (χ0v) is 13.4. The van der Waals surface area contributed by atoms with E-state index in [1.807, 2.05) is 18.2 Å². The highest BCUT2D eigenvalue weighted by atomic mass is 35.5. The van der Waals surface area contributed by atoms with Crippen LogP contribution in [0.25, 0.3) is 0 Å². The number of hydrogen-bond acceptors (Lipinski definition) is 2. The first-order valence-corrected chi connectivity index (χ1v) is 8.09. The maximum Gasteiger partial charge on any atom is 0.191 e. The largest absolute Gasteiger partial charge is 0.483 e. The third-order valence-corrected chi connectivity index (χ3v) is 4.39. The van der Waals surface area contributed by atoms with Gasteiger partial charge in [-0.15, -0.1) is 0 Å². The van der Waals surface area contributed by atoms with Gasteiger partial charge in [-0.05, 0) is 55.1 Å². The number of benzene rings is 2. The van der Waals surface area contributed by atoms with Gasteiger partial charge in [-0.3, -0.25) is 0 Å². The molecule has 0 spiro atoms. The van der Waals surface area contributed by atoms with Crippen molar-refractivity contribution in [1.82, 2.24) is 5.32 Å². The number of nitrogens with one attached hydrogen (secondary N) is 1. The van der Waals surface area contributed by atoms with Crippen molar-refractivity contribution in [2.75, 3.05) is 13.1 Å². The van der Waals surface area contributed by atoms with Gasteiger partial charge in [0.05, 0.1) is 0 Å². The van der Waals surface area contributed by atoms with E-state index in [1.165, 1.54) is 5.56 Å². The van der Waals surface area contributed by atoms with E-state index in [4.69, 9.17) is 16.3 Å². The molecule has 1 N–H and O–H groups in total. The average Bonchev–Trinajstić information content (AvgIpc) is 2.55. The lowest BCUT2D eigenvalue weighted by Crippen LogP contribution is -2.27. The Kier molecular flexibility index (Phi) is 5.13. The van der Waals surface area contributed by atoms with Crippen molar-refractivity contribution in [2.24, 2.45) is 0 Å². The molecule has 1 aliphatic heterocycles. The molecule has 0 amide bonds. The fourth-order valence-electron chi connectivity index (χ4n) is 3.01. The molecule has 5 heteroatoms. The van der Waals surface area contributed by atoms with Crippen LogP contribution in [0.2, 0.25) is 5.02 Å². The molecule has 122 valence electrons. The lowest BCUT2D eigenvalue weighted by Gasteiger charge is -2.25. The Morgan fingerprint density at radius 2 is 1.74 bits per heavy atom. The Balaban J connectivity index is 1.79. The van der Waals surface area contributed by atoms with Gasteiger partial charge in [0.1, 0.15) is 6.61 Å². The molecule has 0 bridgehead atoms. The van der Waals surface area contributed by atoms with E-state index < -0.39 is 11.6 Å². The van der Waals surface area contributed by atoms with E-state index in [0.29, 0.717) is 5.92 Å². The summed E-state index contributed by atoms with van der Waals surface area (Å²) in [6, 6.07) is 10.0. The van der Waals surface area contributed by atoms with Crippen molar-refractivity contribution in [3.05, 3.63) is 64.2 Å². The van der Waals surface area contributed by atoms with Gasteiger partial charge in [-0.1, -0.05) is 35.9 Å². The van der Waals surface area contributed by atoms with Gasteiger partial charge in [0.25, 0.3) is 0 Å². The Hall–Kier alpha value is -1.65. The summed E-state index contributed by atoms with van der Waals surface area (Å²) in [6.07, 6.45) is 2.11. The number of hydrogen-bond donors (Lipinski definition) is 1. The zero-order chi connectivity index (χ0) is 16.2. The highest BCUT2D eigenvalue weighted by Crippen LogP contribution is 2.30. The van der Waals surface area contributed by atoms with E-state index in [0.717, 1.165) is 43.6 Å². The summed E-state index contributed by atoms with van der Waals surface area (Å²) in [4.78, 5) is 0. The van der Waals surface area contributed by atoms with Gasteiger partial charge < -0.3 is 10.1 Å². The molecule has 0 unspecified atom stereocenters. The lowest BCUT2D eigenvalue weighted by molar-refractivity contribution is 0.272. The summed E-state index contributed by atoms with van der Waals surface area (Å²) < 4.78 is 33.0. The molecule has 1 heterocycles. The lowest BCUT2D eigenvalue weighted by atomic mass is 9.87. The SMILES string of the molecule is Fc1cc(Cl)cc(F)c1OCc1ccccc1C1CCNCC1. The molecular weight excluding hydrogens is 320 g/mol. The molecule has 1 saturated heterocycles. The van der Waals surface area contributed by atoms with E-state index in [1.54, 1.807) is 0 Å². The van der Waals surface area contributed by atoms with Crippen LogP contribution in [0, 0.1) is 11.6 Å². The monoisotopic (exact) mass is 337 g/mol. The summed E-state index contributed by atoms with van der Waals surface area (Å²) in [5.41, 5.74) is 2.16. The maximum atomic E-state index is 13.8. The van der Waals surface area contributed by atoms with Gasteiger partial charge in [0.15, 0.2) is 17.4 Å². The summed E-state index contributed by atoms with van der Waals surface area (Å²) in [5.74, 6) is -1.49. The Bertz CT molecular complexity index is 663. The molecule has 0 aliphatic carbocycles. The second kappa shape index (κ2) is 7.28. The van der Waals surface area contributed by atoms with Crippen LogP contribution < -0.4 is 10.1 Å². The van der Waals surface area contributed by atoms with E-state index >= 15 is 0 Å². The zero-order valence-electron chi connectivity index (χ0n) is 12.6. The molecule has 0 atom stereocenters. The first-order chi connectivity index (χ1) is 11.1. The van der Waals surface area contributed by atoms with Crippen molar-refractivity contribution in [3.63, 3.8) is 0 Å². The van der Waals surface area contributed by atoms with E-state index in [2.05, 4.69) is 11.4 Å². The second-order valence-corrected chi connectivity index (χ2v) is 6.15. The molecule has 3 rings (SSSR count). The molecule has 1 aliphatic rings. The number of ether oxygens (including phenoxy) is 1. The van der Waals surface area contributed by atoms with Crippen molar-refractivity contribution >= 4 is 11.6 Å². The summed E-state index contributed by atoms with van der Waals surface area (Å²) >= 11 is 5.62. The van der Waals surface area contributed by atoms with Crippen LogP contribution in [-0.2, 0) is 6.61 Å². The molecule has 2 aromatic carbocycles. The standard InChI is InChI=1S/C18H18ClF2NO/c19-14-9-16(20)18(17(21)10-14)23-11-13-3-1-2-4-15(13)12-5-7-22-8-6-12/h1-4,9-10,12,22H,5-8,11H2. The first kappa shape index (κ1) is 16.2. The molecule has 2 aromatic rings. The van der Waals surface area contributed by atoms with Crippen molar-refractivity contribution in [3.8, 4) is 5.75 Å². The molecule has 0 saturated carbocycles. The minimum atomic E-state index is -0.783. The highest BCUT2D eigenvalue weighted by Gasteiger charge is 2.19. The summed E-state index contributed by atoms with van der Waals surface area (Å²) in [6.45, 7) is 2.11. The van der Waals surface area contributed by atoms with Crippen molar-refractivity contribution < 1.29 is 13.5 Å². The molecule has 1 fully saturated rings. The van der Waals surface area contributed by atoms with Crippen LogP contribution in [0.15, 0.2) is 36.4 Å². The van der Waals surface area contributed by atoms with Gasteiger partial charge in [0.2, 0.25) is 0 Å². The van der Waals surface area contributed by atoms with Crippen LogP contribution in [0.5, 0.6) is 5.75 Å². The third-order valence-electron chi connectivity index (χ3n) is 4.17. The van der Waals surface area contributed by atoms with Crippen LogP contribution in [-0.4, -0.2) is 13.1 Å². The maximum absolute atomic E-state index is 13.8. The third kappa shape index (κ3) is 3.82. The normalized spacial score (nSPS) is 15.6. The number of piperidine rings is 1. The van der Waals surface area contributed by atoms with Gasteiger partial charge in [-0.25, -0.2) is 8.78 Å². The fourth-order valence-corrected chi connectivity index (χ4v) is 3.21. The quantitative estimate of drug-likeness (QED) is 0.875. The highest BCUT2D eigenvalue weighted by molar-refractivity contribution is 6.30. The average molecular weight is 338 g/mol. The van der Waals surface area contributed by atoms with E-state index in [-0.39, 0.29) is 17.4 Å². The Labute approximate surface area is 139 Å². The van der Waals surface area contributed by atoms with Gasteiger partial charge >= 0.3 is 0 Å². The van der Waals surface area contributed by atoms with Gasteiger partial charge in [-0.2, -0.15) is 0 Å². The van der Waals surface area contributed by atoms with Crippen LogP contribution >= 0.6 is 11.6 Å². The van der Waals surface area contributed by atoms with Crippen molar-refractivity contribution in [2.45, 2.75) is 25.4 Å². The minimum Gasteiger partial charge on any atom is -0.483 e. The predicted octanol–water partition coefficient (Wildman–Crippen LogP) is 4.66. The molecular formula is C18H18ClF2NO. The molecule has 0 aromatic heterocycles. The number of halogens is 3. The molecule has 2 nitrogen and oxygen atoms in total. The molecule has 0 radical (unpaired) electrons. The fraction of sp³-hybridized carbons (Fsp3) is 0.333. The van der Waals surface area contributed by atoms with Crippen LogP contribution in [0.4, 0.5) is 8.78 Å². The van der Waals surface area contributed by atoms with E-state index in [9.17, 15) is 8.78 Å². The smallest absolute Gasteiger partial charge is 0.191 e. The second-order valence-electron chi connectivity index (χ2n) is 5.71. The summed E-state index contributed by atoms with van der Waals surface area (Å²) in [5, 5.41) is 3.36. The Morgan fingerprint density at radius 3 is 2.43 bits per heavy atom. The summed E-state index contributed by atoms with van der Waals surface area (Å²) in [7, 11) is 0. The molecule has 23 heavy (non-hydrogen) atoms. The Morgan fingerprint density at radius 1 is 1.09 bits per heavy atom. The minimum absolute atomic E-state index is 0.0162. The van der Waals surface area contributed by atoms with Gasteiger partial charge in [0, 0.05) is 5.02 Å².